The first-order valence-electron chi connectivity index (χ1n) is 7.30. The second kappa shape index (κ2) is 5.87. The highest BCUT2D eigenvalue weighted by Crippen LogP contribution is 2.44. The average Bonchev–Trinajstić information content (AvgIpc) is 2.66. The van der Waals surface area contributed by atoms with Crippen LogP contribution >= 0.6 is 27.3 Å². The lowest BCUT2D eigenvalue weighted by Crippen LogP contribution is -2.30. The van der Waals surface area contributed by atoms with E-state index >= 15 is 0 Å². The summed E-state index contributed by atoms with van der Waals surface area (Å²) in [6.07, 6.45) is 5.25. The molecule has 3 heteroatoms. The molecular formula is C16H26BrNS. The van der Waals surface area contributed by atoms with Gasteiger partial charge in [-0.15, -0.1) is 11.3 Å². The number of hydrogen-bond acceptors (Lipinski definition) is 2. The van der Waals surface area contributed by atoms with Crippen molar-refractivity contribution in [1.82, 2.24) is 0 Å². The van der Waals surface area contributed by atoms with Crippen molar-refractivity contribution in [2.75, 3.05) is 0 Å². The van der Waals surface area contributed by atoms with Crippen molar-refractivity contribution in [3.63, 3.8) is 0 Å². The van der Waals surface area contributed by atoms with Gasteiger partial charge in [-0.25, -0.2) is 0 Å². The van der Waals surface area contributed by atoms with E-state index in [1.165, 1.54) is 39.9 Å². The van der Waals surface area contributed by atoms with Gasteiger partial charge in [-0.2, -0.15) is 0 Å². The molecule has 1 aliphatic carbocycles. The van der Waals surface area contributed by atoms with Crippen LogP contribution in [0.3, 0.4) is 0 Å². The largest absolute Gasteiger partial charge is 0.324 e. The van der Waals surface area contributed by atoms with E-state index < -0.39 is 0 Å². The molecule has 1 aromatic rings. The third kappa shape index (κ3) is 3.62. The van der Waals surface area contributed by atoms with Crippen molar-refractivity contribution in [2.45, 2.75) is 59.4 Å². The van der Waals surface area contributed by atoms with Crippen molar-refractivity contribution in [2.24, 2.45) is 23.0 Å². The van der Waals surface area contributed by atoms with Gasteiger partial charge in [0, 0.05) is 10.9 Å². The SMILES string of the molecule is Cc1sc(Br)cc1C(N)C1CCC(C(C)(C)C)CC1. The summed E-state index contributed by atoms with van der Waals surface area (Å²) in [5.41, 5.74) is 8.34. The molecular weight excluding hydrogens is 318 g/mol. The van der Waals surface area contributed by atoms with Crippen LogP contribution in [-0.4, -0.2) is 0 Å². The molecule has 0 aliphatic heterocycles. The highest BCUT2D eigenvalue weighted by molar-refractivity contribution is 9.11. The number of halogens is 1. The van der Waals surface area contributed by atoms with E-state index in [4.69, 9.17) is 5.73 Å². The van der Waals surface area contributed by atoms with Crippen LogP contribution in [0, 0.1) is 24.2 Å². The minimum atomic E-state index is 0.225. The smallest absolute Gasteiger partial charge is 0.0704 e. The van der Waals surface area contributed by atoms with E-state index in [0.717, 1.165) is 5.92 Å². The van der Waals surface area contributed by atoms with Crippen LogP contribution in [0.25, 0.3) is 0 Å². The monoisotopic (exact) mass is 343 g/mol. The molecule has 1 aromatic heterocycles. The fourth-order valence-electron chi connectivity index (χ4n) is 3.39. The molecule has 1 aliphatic rings. The van der Waals surface area contributed by atoms with E-state index in [1.54, 1.807) is 11.3 Å². The minimum Gasteiger partial charge on any atom is -0.324 e. The molecule has 0 aromatic carbocycles. The maximum atomic E-state index is 6.52. The van der Waals surface area contributed by atoms with Gasteiger partial charge in [0.1, 0.15) is 0 Å². The molecule has 1 heterocycles. The predicted molar refractivity (Wildman–Crippen MR) is 88.6 cm³/mol. The number of aryl methyl sites for hydroxylation is 1. The number of rotatable bonds is 2. The highest BCUT2D eigenvalue weighted by Gasteiger charge is 2.32. The molecule has 0 amide bonds. The third-order valence-electron chi connectivity index (χ3n) is 4.79. The van der Waals surface area contributed by atoms with E-state index in [1.807, 2.05) is 0 Å². The molecule has 1 fully saturated rings. The van der Waals surface area contributed by atoms with Gasteiger partial charge in [0.15, 0.2) is 0 Å². The lowest BCUT2D eigenvalue weighted by atomic mass is 9.68. The normalized spacial score (nSPS) is 26.4. The predicted octanol–water partition coefficient (Wildman–Crippen LogP) is 5.67. The molecule has 108 valence electrons. The molecule has 0 bridgehead atoms. The lowest BCUT2D eigenvalue weighted by molar-refractivity contribution is 0.139. The van der Waals surface area contributed by atoms with Crippen LogP contribution in [0.1, 0.15) is 62.9 Å². The van der Waals surface area contributed by atoms with Crippen LogP contribution in [0.4, 0.5) is 0 Å². The van der Waals surface area contributed by atoms with E-state index in [0.29, 0.717) is 11.3 Å². The van der Waals surface area contributed by atoms with Gasteiger partial charge in [0.05, 0.1) is 3.79 Å². The molecule has 19 heavy (non-hydrogen) atoms. The third-order valence-corrected chi connectivity index (χ3v) is 6.36. The Kier molecular flexibility index (Phi) is 4.79. The summed E-state index contributed by atoms with van der Waals surface area (Å²) in [5.74, 6) is 1.53. The summed E-state index contributed by atoms with van der Waals surface area (Å²) in [5, 5.41) is 0. The molecule has 0 spiro atoms. The van der Waals surface area contributed by atoms with Gasteiger partial charge in [0.2, 0.25) is 0 Å². The Morgan fingerprint density at radius 1 is 1.26 bits per heavy atom. The summed E-state index contributed by atoms with van der Waals surface area (Å²) in [4.78, 5) is 1.37. The zero-order valence-corrected chi connectivity index (χ0v) is 14.9. The van der Waals surface area contributed by atoms with E-state index in [2.05, 4.69) is 49.7 Å². The number of nitrogens with two attached hydrogens (primary N) is 1. The molecule has 1 unspecified atom stereocenters. The van der Waals surface area contributed by atoms with Crippen LogP contribution in [0.15, 0.2) is 9.85 Å². The van der Waals surface area contributed by atoms with Crippen LogP contribution in [0.5, 0.6) is 0 Å². The summed E-state index contributed by atoms with van der Waals surface area (Å²) in [6, 6.07) is 2.45. The van der Waals surface area contributed by atoms with Gasteiger partial charge in [-0.1, -0.05) is 20.8 Å². The van der Waals surface area contributed by atoms with Crippen LogP contribution in [-0.2, 0) is 0 Å². The fourth-order valence-corrected chi connectivity index (χ4v) is 5.15. The summed E-state index contributed by atoms with van der Waals surface area (Å²) in [7, 11) is 0. The van der Waals surface area contributed by atoms with Gasteiger partial charge < -0.3 is 5.73 Å². The summed E-state index contributed by atoms with van der Waals surface area (Å²) in [6.45, 7) is 9.31. The van der Waals surface area contributed by atoms with Gasteiger partial charge in [-0.3, -0.25) is 0 Å². The Labute approximate surface area is 130 Å². The Balaban J connectivity index is 2.00. The first-order valence-corrected chi connectivity index (χ1v) is 8.91. The molecule has 1 saturated carbocycles. The lowest BCUT2D eigenvalue weighted by Gasteiger charge is -2.38. The zero-order chi connectivity index (χ0) is 14.2. The molecule has 0 saturated heterocycles. The molecule has 2 rings (SSSR count). The quantitative estimate of drug-likeness (QED) is 0.735. The Hall–Kier alpha value is 0.140. The first kappa shape index (κ1) is 15.5. The van der Waals surface area contributed by atoms with Crippen LogP contribution < -0.4 is 5.73 Å². The van der Waals surface area contributed by atoms with Crippen molar-refractivity contribution in [3.8, 4) is 0 Å². The number of thiophene rings is 1. The molecule has 1 nitrogen and oxygen atoms in total. The Morgan fingerprint density at radius 3 is 2.26 bits per heavy atom. The van der Waals surface area contributed by atoms with Crippen molar-refractivity contribution in [3.05, 3.63) is 20.3 Å². The van der Waals surface area contributed by atoms with Gasteiger partial charge >= 0.3 is 0 Å². The maximum absolute atomic E-state index is 6.52. The van der Waals surface area contributed by atoms with Gasteiger partial charge in [-0.05, 0) is 77.4 Å². The van der Waals surface area contributed by atoms with Crippen molar-refractivity contribution >= 4 is 27.3 Å². The fraction of sp³-hybridized carbons (Fsp3) is 0.750. The maximum Gasteiger partial charge on any atom is 0.0704 e. The van der Waals surface area contributed by atoms with E-state index in [-0.39, 0.29) is 6.04 Å². The minimum absolute atomic E-state index is 0.225. The van der Waals surface area contributed by atoms with Crippen molar-refractivity contribution in [1.29, 1.82) is 0 Å². The average molecular weight is 344 g/mol. The van der Waals surface area contributed by atoms with Crippen LogP contribution in [0.2, 0.25) is 0 Å². The Morgan fingerprint density at radius 2 is 1.84 bits per heavy atom. The molecule has 2 N–H and O–H groups in total. The molecule has 1 atom stereocenters. The Bertz CT molecular complexity index is 424. The van der Waals surface area contributed by atoms with Gasteiger partial charge in [0.25, 0.3) is 0 Å². The molecule has 0 radical (unpaired) electrons. The topological polar surface area (TPSA) is 26.0 Å². The highest BCUT2D eigenvalue weighted by atomic mass is 79.9. The zero-order valence-electron chi connectivity index (χ0n) is 12.5. The van der Waals surface area contributed by atoms with E-state index in [9.17, 15) is 0 Å². The first-order chi connectivity index (χ1) is 8.79. The van der Waals surface area contributed by atoms with Crippen molar-refractivity contribution < 1.29 is 0 Å². The summed E-state index contributed by atoms with van der Waals surface area (Å²) >= 11 is 5.38. The second-order valence-electron chi connectivity index (χ2n) is 7.07. The summed E-state index contributed by atoms with van der Waals surface area (Å²) < 4.78 is 1.21. The number of hydrogen-bond donors (Lipinski definition) is 1. The second-order valence-corrected chi connectivity index (χ2v) is 9.70. The standard InChI is InChI=1S/C16H26BrNS/c1-10-13(9-14(17)19-10)15(18)11-5-7-12(8-6-11)16(2,3)4/h9,11-12,15H,5-8,18H2,1-4H3.